The molecule has 68 valence electrons. The first-order valence-corrected chi connectivity index (χ1v) is 4.31. The molecule has 0 saturated heterocycles. The maximum absolute atomic E-state index is 12.6. The van der Waals surface area contributed by atoms with E-state index in [0.717, 1.165) is 25.7 Å². The SMILES string of the molecule is O=C(O)/C(F)=C\C1CCCCC1. The molecule has 0 unspecified atom stereocenters. The van der Waals surface area contributed by atoms with Crippen molar-refractivity contribution >= 4 is 5.97 Å². The predicted molar refractivity (Wildman–Crippen MR) is 43.4 cm³/mol. The minimum Gasteiger partial charge on any atom is -0.476 e. The Kier molecular flexibility index (Phi) is 3.26. The maximum Gasteiger partial charge on any atom is 0.364 e. The predicted octanol–water partition coefficient (Wildman–Crippen LogP) is 2.50. The zero-order chi connectivity index (χ0) is 8.97. The summed E-state index contributed by atoms with van der Waals surface area (Å²) >= 11 is 0. The van der Waals surface area contributed by atoms with Crippen LogP contribution in [0, 0.1) is 5.92 Å². The van der Waals surface area contributed by atoms with E-state index in [2.05, 4.69) is 0 Å². The van der Waals surface area contributed by atoms with E-state index in [0.29, 0.717) is 0 Å². The van der Waals surface area contributed by atoms with Crippen LogP contribution in [0.5, 0.6) is 0 Å². The number of carboxylic acids is 1. The van der Waals surface area contributed by atoms with Gasteiger partial charge in [-0.25, -0.2) is 4.79 Å². The van der Waals surface area contributed by atoms with Crippen LogP contribution in [0.4, 0.5) is 4.39 Å². The third kappa shape index (κ3) is 2.64. The van der Waals surface area contributed by atoms with E-state index >= 15 is 0 Å². The molecular weight excluding hydrogens is 159 g/mol. The molecule has 0 amide bonds. The normalized spacial score (nSPS) is 20.9. The molecule has 0 atom stereocenters. The third-order valence-electron chi connectivity index (χ3n) is 2.24. The number of carbonyl (C=O) groups is 1. The molecule has 0 spiro atoms. The van der Waals surface area contributed by atoms with Gasteiger partial charge >= 0.3 is 5.97 Å². The Morgan fingerprint density at radius 2 is 1.92 bits per heavy atom. The van der Waals surface area contributed by atoms with E-state index in [9.17, 15) is 9.18 Å². The lowest BCUT2D eigenvalue weighted by Gasteiger charge is -2.17. The van der Waals surface area contributed by atoms with Crippen LogP contribution in [0.1, 0.15) is 32.1 Å². The smallest absolute Gasteiger partial charge is 0.364 e. The quantitative estimate of drug-likeness (QED) is 0.650. The van der Waals surface area contributed by atoms with Crippen LogP contribution in [-0.2, 0) is 4.79 Å². The average molecular weight is 172 g/mol. The van der Waals surface area contributed by atoms with E-state index in [4.69, 9.17) is 5.11 Å². The molecule has 0 aromatic heterocycles. The van der Waals surface area contributed by atoms with Gasteiger partial charge in [0, 0.05) is 0 Å². The van der Waals surface area contributed by atoms with Crippen LogP contribution in [0.3, 0.4) is 0 Å². The molecule has 1 fully saturated rings. The van der Waals surface area contributed by atoms with Crippen LogP contribution < -0.4 is 0 Å². The van der Waals surface area contributed by atoms with Crippen molar-refractivity contribution in [3.05, 3.63) is 11.9 Å². The van der Waals surface area contributed by atoms with Gasteiger partial charge in [-0.3, -0.25) is 0 Å². The van der Waals surface area contributed by atoms with E-state index < -0.39 is 11.8 Å². The van der Waals surface area contributed by atoms with Crippen molar-refractivity contribution in [3.63, 3.8) is 0 Å². The minimum atomic E-state index is -1.44. The Morgan fingerprint density at radius 1 is 1.33 bits per heavy atom. The van der Waals surface area contributed by atoms with Gasteiger partial charge in [0.2, 0.25) is 5.83 Å². The first kappa shape index (κ1) is 9.23. The van der Waals surface area contributed by atoms with Gasteiger partial charge in [-0.1, -0.05) is 19.3 Å². The first-order valence-electron chi connectivity index (χ1n) is 4.31. The standard InChI is InChI=1S/C9H13FO2/c10-8(9(11)12)6-7-4-2-1-3-5-7/h6-7H,1-5H2,(H,11,12)/b8-6+. The summed E-state index contributed by atoms with van der Waals surface area (Å²) in [6.45, 7) is 0. The molecule has 0 bridgehead atoms. The summed E-state index contributed by atoms with van der Waals surface area (Å²) in [5.74, 6) is -2.29. The second kappa shape index (κ2) is 4.24. The number of hydrogen-bond acceptors (Lipinski definition) is 1. The van der Waals surface area contributed by atoms with Crippen LogP contribution in [0.25, 0.3) is 0 Å². The Balaban J connectivity index is 2.47. The van der Waals surface area contributed by atoms with E-state index in [1.807, 2.05) is 0 Å². The third-order valence-corrected chi connectivity index (χ3v) is 2.24. The molecule has 12 heavy (non-hydrogen) atoms. The molecule has 1 aliphatic carbocycles. The summed E-state index contributed by atoms with van der Waals surface area (Å²) in [4.78, 5) is 10.1. The first-order chi connectivity index (χ1) is 5.70. The molecule has 0 heterocycles. The van der Waals surface area contributed by atoms with Crippen LogP contribution in [-0.4, -0.2) is 11.1 Å². The Bertz CT molecular complexity index is 193. The second-order valence-electron chi connectivity index (χ2n) is 3.22. The number of carboxylic acid groups (broad SMARTS) is 1. The molecule has 0 aliphatic heterocycles. The Morgan fingerprint density at radius 3 is 2.42 bits per heavy atom. The lowest BCUT2D eigenvalue weighted by atomic mass is 9.89. The van der Waals surface area contributed by atoms with Crippen LogP contribution in [0.15, 0.2) is 11.9 Å². The van der Waals surface area contributed by atoms with Gasteiger partial charge in [-0.2, -0.15) is 4.39 Å². The fourth-order valence-corrected chi connectivity index (χ4v) is 1.58. The Hall–Kier alpha value is -0.860. The molecule has 0 aromatic rings. The average Bonchev–Trinajstić information content (AvgIpc) is 2.06. The van der Waals surface area contributed by atoms with Gasteiger partial charge in [0.05, 0.1) is 0 Å². The summed E-state index contributed by atoms with van der Waals surface area (Å²) in [7, 11) is 0. The van der Waals surface area contributed by atoms with Crippen molar-refractivity contribution in [2.45, 2.75) is 32.1 Å². The van der Waals surface area contributed by atoms with Gasteiger partial charge in [-0.15, -0.1) is 0 Å². The highest BCUT2D eigenvalue weighted by molar-refractivity contribution is 5.83. The molecule has 0 aromatic carbocycles. The summed E-state index contributed by atoms with van der Waals surface area (Å²) in [5, 5.41) is 8.27. The van der Waals surface area contributed by atoms with Crippen molar-refractivity contribution in [2.24, 2.45) is 5.92 Å². The fraction of sp³-hybridized carbons (Fsp3) is 0.667. The van der Waals surface area contributed by atoms with Crippen LogP contribution >= 0.6 is 0 Å². The lowest BCUT2D eigenvalue weighted by molar-refractivity contribution is -0.134. The number of aliphatic carboxylic acids is 1. The number of hydrogen-bond donors (Lipinski definition) is 1. The molecule has 3 heteroatoms. The lowest BCUT2D eigenvalue weighted by Crippen LogP contribution is -2.05. The van der Waals surface area contributed by atoms with Crippen molar-refractivity contribution in [1.82, 2.24) is 0 Å². The van der Waals surface area contributed by atoms with Crippen molar-refractivity contribution < 1.29 is 14.3 Å². The molecular formula is C9H13FO2. The molecule has 0 radical (unpaired) electrons. The zero-order valence-electron chi connectivity index (χ0n) is 6.92. The molecule has 1 rings (SSSR count). The second-order valence-corrected chi connectivity index (χ2v) is 3.22. The molecule has 1 aliphatic rings. The van der Waals surface area contributed by atoms with E-state index in [1.54, 1.807) is 0 Å². The van der Waals surface area contributed by atoms with E-state index in [-0.39, 0.29) is 5.92 Å². The number of halogens is 1. The Labute approximate surface area is 71.1 Å². The van der Waals surface area contributed by atoms with Gasteiger partial charge in [-0.05, 0) is 24.8 Å². The minimum absolute atomic E-state index is 0.148. The number of allylic oxidation sites excluding steroid dienone is 1. The van der Waals surface area contributed by atoms with E-state index in [1.165, 1.54) is 12.5 Å². The largest absolute Gasteiger partial charge is 0.476 e. The molecule has 1 saturated carbocycles. The highest BCUT2D eigenvalue weighted by Crippen LogP contribution is 2.25. The summed E-state index contributed by atoms with van der Waals surface area (Å²) in [5.41, 5.74) is 0. The van der Waals surface area contributed by atoms with Crippen molar-refractivity contribution in [3.8, 4) is 0 Å². The maximum atomic E-state index is 12.6. The monoisotopic (exact) mass is 172 g/mol. The summed E-state index contributed by atoms with van der Waals surface area (Å²) in [6.07, 6.45) is 6.49. The van der Waals surface area contributed by atoms with Gasteiger partial charge in [0.1, 0.15) is 0 Å². The topological polar surface area (TPSA) is 37.3 Å². The van der Waals surface area contributed by atoms with Crippen molar-refractivity contribution in [1.29, 1.82) is 0 Å². The summed E-state index contributed by atoms with van der Waals surface area (Å²) < 4.78 is 12.6. The highest BCUT2D eigenvalue weighted by Gasteiger charge is 2.14. The van der Waals surface area contributed by atoms with Gasteiger partial charge in [0.15, 0.2) is 0 Å². The fourth-order valence-electron chi connectivity index (χ4n) is 1.58. The highest BCUT2D eigenvalue weighted by atomic mass is 19.1. The van der Waals surface area contributed by atoms with Gasteiger partial charge < -0.3 is 5.11 Å². The summed E-state index contributed by atoms with van der Waals surface area (Å²) in [6, 6.07) is 0. The van der Waals surface area contributed by atoms with Gasteiger partial charge in [0.25, 0.3) is 0 Å². The van der Waals surface area contributed by atoms with Crippen molar-refractivity contribution in [2.75, 3.05) is 0 Å². The van der Waals surface area contributed by atoms with Crippen LogP contribution in [0.2, 0.25) is 0 Å². The number of rotatable bonds is 2. The molecule has 1 N–H and O–H groups in total. The molecule has 2 nitrogen and oxygen atoms in total. The zero-order valence-corrected chi connectivity index (χ0v) is 6.92.